The van der Waals surface area contributed by atoms with E-state index in [1.54, 1.807) is 11.8 Å². The summed E-state index contributed by atoms with van der Waals surface area (Å²) in [4.78, 5) is 3.36. The number of benzene rings is 1. The van der Waals surface area contributed by atoms with Crippen molar-refractivity contribution in [1.82, 2.24) is 10.3 Å². The number of hydrogen-bond acceptors (Lipinski definition) is 2. The zero-order valence-corrected chi connectivity index (χ0v) is 11.0. The van der Waals surface area contributed by atoms with Crippen molar-refractivity contribution in [3.05, 3.63) is 48.7 Å². The van der Waals surface area contributed by atoms with Gasteiger partial charge in [0.05, 0.1) is 6.54 Å². The highest BCUT2D eigenvalue weighted by atomic mass is 32.2. The Morgan fingerprint density at radius 3 is 3.06 bits per heavy atom. The van der Waals surface area contributed by atoms with Gasteiger partial charge < -0.3 is 10.3 Å². The summed E-state index contributed by atoms with van der Waals surface area (Å²) in [5.41, 5.74) is 2.31. The molecule has 0 radical (unpaired) electrons. The third-order valence-electron chi connectivity index (χ3n) is 2.34. The number of nitrogens with one attached hydrogen (secondary N) is 2. The number of H-pyrrole nitrogens is 1. The molecular formula is C13H14N2S2. The molecule has 1 aromatic carbocycles. The zero-order chi connectivity index (χ0) is 12.1. The molecule has 1 aromatic heterocycles. The first-order chi connectivity index (χ1) is 8.29. The molecule has 2 rings (SSSR count). The number of aromatic amines is 1. The fraction of sp³-hybridized carbons (Fsp3) is 0.154. The number of rotatable bonds is 4. The van der Waals surface area contributed by atoms with Crippen LogP contribution in [0.2, 0.25) is 0 Å². The van der Waals surface area contributed by atoms with Crippen LogP contribution < -0.4 is 5.32 Å². The molecule has 0 saturated heterocycles. The lowest BCUT2D eigenvalue weighted by molar-refractivity contribution is 0.909. The van der Waals surface area contributed by atoms with Gasteiger partial charge in [0, 0.05) is 17.0 Å². The fourth-order valence-corrected chi connectivity index (χ4v) is 2.30. The third kappa shape index (κ3) is 3.35. The van der Waals surface area contributed by atoms with Crippen LogP contribution in [0, 0.1) is 0 Å². The third-order valence-corrected chi connectivity index (χ3v) is 3.65. The van der Waals surface area contributed by atoms with Crippen LogP contribution in [0.25, 0.3) is 10.9 Å². The van der Waals surface area contributed by atoms with E-state index in [2.05, 4.69) is 35.1 Å². The van der Waals surface area contributed by atoms with Gasteiger partial charge in [-0.25, -0.2) is 0 Å². The molecule has 2 aromatic rings. The maximum atomic E-state index is 5.19. The van der Waals surface area contributed by atoms with Crippen LogP contribution in [-0.4, -0.2) is 15.1 Å². The molecule has 0 unspecified atom stereocenters. The predicted octanol–water partition coefficient (Wildman–Crippen LogP) is 3.46. The highest BCUT2D eigenvalue weighted by molar-refractivity contribution is 8.23. The zero-order valence-electron chi connectivity index (χ0n) is 9.40. The number of para-hydroxylation sites is 1. The van der Waals surface area contributed by atoms with Gasteiger partial charge in [0.1, 0.15) is 4.32 Å². The van der Waals surface area contributed by atoms with Gasteiger partial charge >= 0.3 is 0 Å². The molecule has 0 atom stereocenters. The molecule has 2 nitrogen and oxygen atoms in total. The summed E-state index contributed by atoms with van der Waals surface area (Å²) >= 11 is 6.78. The van der Waals surface area contributed by atoms with Gasteiger partial charge in [0.15, 0.2) is 0 Å². The largest absolute Gasteiger partial charge is 0.365 e. The molecule has 4 heteroatoms. The lowest BCUT2D eigenvalue weighted by atomic mass is 10.2. The summed E-state index contributed by atoms with van der Waals surface area (Å²) in [6, 6.07) is 10.4. The second kappa shape index (κ2) is 5.89. The molecular weight excluding hydrogens is 248 g/mol. The number of hydrogen-bond donors (Lipinski definition) is 2. The summed E-state index contributed by atoms with van der Waals surface area (Å²) in [6.07, 6.45) is 1.85. The van der Waals surface area contributed by atoms with Gasteiger partial charge in [-0.05, 0) is 17.5 Å². The Bertz CT molecular complexity index is 498. The van der Waals surface area contributed by atoms with Gasteiger partial charge in [-0.15, -0.1) is 6.58 Å². The molecule has 0 fully saturated rings. The SMILES string of the molecule is C=CCSC(=S)NCc1cc2ccccc2[nH]1. The highest BCUT2D eigenvalue weighted by Crippen LogP contribution is 2.14. The molecule has 88 valence electrons. The number of fused-ring (bicyclic) bond motifs is 1. The van der Waals surface area contributed by atoms with E-state index in [0.717, 1.165) is 27.8 Å². The smallest absolute Gasteiger partial charge is 0.134 e. The minimum atomic E-state index is 0.734. The van der Waals surface area contributed by atoms with E-state index in [-0.39, 0.29) is 0 Å². The van der Waals surface area contributed by atoms with Crippen molar-refractivity contribution < 1.29 is 0 Å². The van der Waals surface area contributed by atoms with E-state index in [4.69, 9.17) is 12.2 Å². The molecule has 0 saturated carbocycles. The average molecular weight is 262 g/mol. The second-order valence-corrected chi connectivity index (χ2v) is 5.32. The maximum absolute atomic E-state index is 5.19. The van der Waals surface area contributed by atoms with Crippen LogP contribution in [0.15, 0.2) is 43.0 Å². The summed E-state index contributed by atoms with van der Waals surface area (Å²) in [7, 11) is 0. The first kappa shape index (κ1) is 12.2. The monoisotopic (exact) mass is 262 g/mol. The molecule has 0 bridgehead atoms. The van der Waals surface area contributed by atoms with E-state index in [1.165, 1.54) is 5.39 Å². The Morgan fingerprint density at radius 1 is 1.47 bits per heavy atom. The van der Waals surface area contributed by atoms with Crippen LogP contribution >= 0.6 is 24.0 Å². The quantitative estimate of drug-likeness (QED) is 0.653. The summed E-state index contributed by atoms with van der Waals surface area (Å²) in [5.74, 6) is 0.846. The van der Waals surface area contributed by atoms with E-state index in [1.807, 2.05) is 18.2 Å². The lowest BCUT2D eigenvalue weighted by Crippen LogP contribution is -2.17. The lowest BCUT2D eigenvalue weighted by Gasteiger charge is -2.04. The van der Waals surface area contributed by atoms with Crippen molar-refractivity contribution in [3.8, 4) is 0 Å². The van der Waals surface area contributed by atoms with Crippen LogP contribution in [0.4, 0.5) is 0 Å². The molecule has 1 heterocycles. The number of thioether (sulfide) groups is 1. The summed E-state index contributed by atoms with van der Waals surface area (Å²) in [6.45, 7) is 4.40. The highest BCUT2D eigenvalue weighted by Gasteiger charge is 2.00. The first-order valence-electron chi connectivity index (χ1n) is 5.38. The standard InChI is InChI=1S/C13H14N2S2/c1-2-7-17-13(16)14-9-11-8-10-5-3-4-6-12(10)15-11/h2-6,8,15H,1,7,9H2,(H,14,16). The van der Waals surface area contributed by atoms with Crippen molar-refractivity contribution in [2.75, 3.05) is 5.75 Å². The molecule has 17 heavy (non-hydrogen) atoms. The van der Waals surface area contributed by atoms with E-state index in [9.17, 15) is 0 Å². The van der Waals surface area contributed by atoms with E-state index >= 15 is 0 Å². The fourth-order valence-electron chi connectivity index (χ4n) is 1.58. The Hall–Kier alpha value is -1.26. The number of thiocarbonyl (C=S) groups is 1. The predicted molar refractivity (Wildman–Crippen MR) is 80.4 cm³/mol. The topological polar surface area (TPSA) is 27.8 Å². The van der Waals surface area contributed by atoms with Crippen LogP contribution in [-0.2, 0) is 6.54 Å². The first-order valence-corrected chi connectivity index (χ1v) is 6.77. The van der Waals surface area contributed by atoms with Gasteiger partial charge in [0.2, 0.25) is 0 Å². The van der Waals surface area contributed by atoms with Gasteiger partial charge in [-0.3, -0.25) is 0 Å². The van der Waals surface area contributed by atoms with Crippen LogP contribution in [0.5, 0.6) is 0 Å². The Labute approximate surface area is 110 Å². The van der Waals surface area contributed by atoms with Crippen molar-refractivity contribution in [3.63, 3.8) is 0 Å². The molecule has 0 amide bonds. The summed E-state index contributed by atoms with van der Waals surface area (Å²) in [5, 5.41) is 4.44. The minimum Gasteiger partial charge on any atom is -0.365 e. The number of aromatic nitrogens is 1. The minimum absolute atomic E-state index is 0.734. The van der Waals surface area contributed by atoms with Crippen molar-refractivity contribution >= 4 is 39.2 Å². The maximum Gasteiger partial charge on any atom is 0.134 e. The van der Waals surface area contributed by atoms with Gasteiger partial charge in [0.25, 0.3) is 0 Å². The Kier molecular flexibility index (Phi) is 4.23. The van der Waals surface area contributed by atoms with Crippen molar-refractivity contribution in [1.29, 1.82) is 0 Å². The van der Waals surface area contributed by atoms with Crippen molar-refractivity contribution in [2.24, 2.45) is 0 Å². The van der Waals surface area contributed by atoms with E-state index in [0.29, 0.717) is 0 Å². The molecule has 0 aliphatic rings. The molecule has 0 aliphatic heterocycles. The van der Waals surface area contributed by atoms with Crippen LogP contribution in [0.1, 0.15) is 5.69 Å². The normalized spacial score (nSPS) is 10.4. The van der Waals surface area contributed by atoms with Crippen LogP contribution in [0.3, 0.4) is 0 Å². The Morgan fingerprint density at radius 2 is 2.29 bits per heavy atom. The molecule has 2 N–H and O–H groups in total. The molecule has 0 spiro atoms. The van der Waals surface area contributed by atoms with E-state index < -0.39 is 0 Å². The van der Waals surface area contributed by atoms with Gasteiger partial charge in [-0.1, -0.05) is 48.3 Å². The Balaban J connectivity index is 1.94. The second-order valence-electron chi connectivity index (χ2n) is 3.62. The summed E-state index contributed by atoms with van der Waals surface area (Å²) < 4.78 is 0.809. The molecule has 0 aliphatic carbocycles. The van der Waals surface area contributed by atoms with Gasteiger partial charge in [-0.2, -0.15) is 0 Å². The van der Waals surface area contributed by atoms with Crippen molar-refractivity contribution in [2.45, 2.75) is 6.54 Å². The average Bonchev–Trinajstić information content (AvgIpc) is 2.76.